The summed E-state index contributed by atoms with van der Waals surface area (Å²) < 4.78 is 2.04. The molecule has 21 heavy (non-hydrogen) atoms. The van der Waals surface area contributed by atoms with Gasteiger partial charge in [0.2, 0.25) is 0 Å². The van der Waals surface area contributed by atoms with Crippen molar-refractivity contribution >= 4 is 0 Å². The Bertz CT molecular complexity index is 561. The highest BCUT2D eigenvalue weighted by Gasteiger charge is 2.12. The van der Waals surface area contributed by atoms with Crippen molar-refractivity contribution in [1.82, 2.24) is 15.2 Å². The van der Waals surface area contributed by atoms with Crippen LogP contribution in [0.5, 0.6) is 0 Å². The molecule has 0 saturated heterocycles. The number of hydrogen-bond acceptors (Lipinski definition) is 3. The number of nitrogens with one attached hydrogen (secondary N) is 1. The predicted molar refractivity (Wildman–Crippen MR) is 86.9 cm³/mol. The van der Waals surface area contributed by atoms with Crippen LogP contribution in [-0.2, 0) is 12.8 Å². The van der Waals surface area contributed by atoms with Gasteiger partial charge in [-0.25, -0.2) is 0 Å². The van der Waals surface area contributed by atoms with Crippen molar-refractivity contribution in [3.63, 3.8) is 0 Å². The van der Waals surface area contributed by atoms with Gasteiger partial charge >= 0.3 is 0 Å². The normalized spacial score (nSPS) is 14.1. The molecule has 0 saturated carbocycles. The molecule has 0 radical (unpaired) electrons. The zero-order chi connectivity index (χ0) is 15.2. The first-order chi connectivity index (χ1) is 10.1. The largest absolute Gasteiger partial charge is 0.271 e. The van der Waals surface area contributed by atoms with E-state index in [0.717, 1.165) is 25.0 Å². The van der Waals surface area contributed by atoms with Gasteiger partial charge in [-0.1, -0.05) is 36.8 Å². The number of hydrazine groups is 1. The Morgan fingerprint density at radius 2 is 2.10 bits per heavy atom. The summed E-state index contributed by atoms with van der Waals surface area (Å²) in [5.41, 5.74) is 6.60. The molecule has 2 unspecified atom stereocenters. The lowest BCUT2D eigenvalue weighted by molar-refractivity contribution is 0.464. The second-order valence-electron chi connectivity index (χ2n) is 5.81. The van der Waals surface area contributed by atoms with Crippen LogP contribution in [0.4, 0.5) is 0 Å². The van der Waals surface area contributed by atoms with Crippen molar-refractivity contribution in [1.29, 1.82) is 0 Å². The molecule has 0 amide bonds. The Labute approximate surface area is 127 Å². The lowest BCUT2D eigenvalue weighted by atomic mass is 10.0. The molecule has 3 N–H and O–H groups in total. The summed E-state index contributed by atoms with van der Waals surface area (Å²) >= 11 is 0. The van der Waals surface area contributed by atoms with E-state index in [4.69, 9.17) is 5.84 Å². The summed E-state index contributed by atoms with van der Waals surface area (Å²) in [5, 5.41) is 4.65. The Balaban J connectivity index is 2.00. The molecule has 0 aliphatic rings. The van der Waals surface area contributed by atoms with Crippen LogP contribution in [0.1, 0.15) is 43.1 Å². The number of hydrogen-bond donors (Lipinski definition) is 2. The Kier molecular flexibility index (Phi) is 5.53. The van der Waals surface area contributed by atoms with E-state index in [9.17, 15) is 0 Å². The van der Waals surface area contributed by atoms with Gasteiger partial charge in [-0.15, -0.1) is 0 Å². The van der Waals surface area contributed by atoms with Crippen LogP contribution in [0.2, 0.25) is 0 Å². The van der Waals surface area contributed by atoms with Crippen LogP contribution < -0.4 is 11.3 Å². The highest BCUT2D eigenvalue weighted by molar-refractivity contribution is 5.23. The van der Waals surface area contributed by atoms with Gasteiger partial charge < -0.3 is 0 Å². The molecule has 4 nitrogen and oxygen atoms in total. The lowest BCUT2D eigenvalue weighted by Crippen LogP contribution is -2.38. The van der Waals surface area contributed by atoms with E-state index in [0.29, 0.717) is 6.04 Å². The van der Waals surface area contributed by atoms with Crippen molar-refractivity contribution in [2.24, 2.45) is 5.84 Å². The molecule has 4 heteroatoms. The third kappa shape index (κ3) is 4.41. The molecule has 1 heterocycles. The van der Waals surface area contributed by atoms with E-state index >= 15 is 0 Å². The molecule has 0 aliphatic carbocycles. The number of aryl methyl sites for hydroxylation is 1. The molecular formula is C17H26N4. The summed E-state index contributed by atoms with van der Waals surface area (Å²) in [6.45, 7) is 6.47. The first kappa shape index (κ1) is 15.7. The molecule has 2 aromatic rings. The van der Waals surface area contributed by atoms with Crippen molar-refractivity contribution < 1.29 is 0 Å². The molecule has 2 rings (SSSR count). The van der Waals surface area contributed by atoms with Gasteiger partial charge in [0.25, 0.3) is 0 Å². The average molecular weight is 286 g/mol. The van der Waals surface area contributed by atoms with Gasteiger partial charge in [0, 0.05) is 24.7 Å². The summed E-state index contributed by atoms with van der Waals surface area (Å²) in [7, 11) is 0. The van der Waals surface area contributed by atoms with Crippen LogP contribution in [0, 0.1) is 6.92 Å². The molecule has 0 fully saturated rings. The van der Waals surface area contributed by atoms with Crippen LogP contribution >= 0.6 is 0 Å². The quantitative estimate of drug-likeness (QED) is 0.608. The van der Waals surface area contributed by atoms with Crippen LogP contribution in [0.15, 0.2) is 36.5 Å². The first-order valence-corrected chi connectivity index (χ1v) is 7.68. The monoisotopic (exact) mass is 286 g/mol. The summed E-state index contributed by atoms with van der Waals surface area (Å²) in [6, 6.07) is 11.3. The van der Waals surface area contributed by atoms with E-state index in [1.807, 2.05) is 4.68 Å². The van der Waals surface area contributed by atoms with Gasteiger partial charge in [0.05, 0.1) is 5.69 Å². The molecule has 1 aromatic carbocycles. The highest BCUT2D eigenvalue weighted by Crippen LogP contribution is 2.12. The summed E-state index contributed by atoms with van der Waals surface area (Å²) in [5.74, 6) is 5.71. The van der Waals surface area contributed by atoms with Crippen molar-refractivity contribution in [3.05, 3.63) is 53.3 Å². The highest BCUT2D eigenvalue weighted by atomic mass is 15.3. The number of aromatic nitrogens is 2. The Morgan fingerprint density at radius 1 is 1.29 bits per heavy atom. The maximum Gasteiger partial charge on any atom is 0.0640 e. The van der Waals surface area contributed by atoms with Gasteiger partial charge in [-0.3, -0.25) is 16.0 Å². The fourth-order valence-electron chi connectivity index (χ4n) is 2.48. The minimum atomic E-state index is 0.201. The van der Waals surface area contributed by atoms with Crippen LogP contribution in [0.3, 0.4) is 0 Å². The van der Waals surface area contributed by atoms with E-state index in [2.05, 4.69) is 67.8 Å². The SMILES string of the molecule is CCC(C)n1ccc(CC(Cc2cccc(C)c2)NN)n1. The Hall–Kier alpha value is -1.65. The summed E-state index contributed by atoms with van der Waals surface area (Å²) in [6.07, 6.45) is 4.90. The third-order valence-corrected chi connectivity index (χ3v) is 3.96. The van der Waals surface area contributed by atoms with Gasteiger partial charge in [0.15, 0.2) is 0 Å². The van der Waals surface area contributed by atoms with Crippen molar-refractivity contribution in [3.8, 4) is 0 Å². The molecule has 1 aromatic heterocycles. The zero-order valence-corrected chi connectivity index (χ0v) is 13.2. The van der Waals surface area contributed by atoms with Crippen LogP contribution in [0.25, 0.3) is 0 Å². The molecular weight excluding hydrogens is 260 g/mol. The van der Waals surface area contributed by atoms with Gasteiger partial charge in [-0.05, 0) is 38.3 Å². The number of nitrogens with two attached hydrogens (primary N) is 1. The molecule has 114 valence electrons. The third-order valence-electron chi connectivity index (χ3n) is 3.96. The van der Waals surface area contributed by atoms with Gasteiger partial charge in [0.1, 0.15) is 0 Å². The second-order valence-corrected chi connectivity index (χ2v) is 5.81. The fraction of sp³-hybridized carbons (Fsp3) is 0.471. The average Bonchev–Trinajstić information content (AvgIpc) is 2.94. The fourth-order valence-corrected chi connectivity index (χ4v) is 2.48. The van der Waals surface area contributed by atoms with Crippen molar-refractivity contribution in [2.75, 3.05) is 0 Å². The molecule has 2 atom stereocenters. The van der Waals surface area contributed by atoms with E-state index in [1.165, 1.54) is 11.1 Å². The lowest BCUT2D eigenvalue weighted by Gasteiger charge is -2.15. The number of benzene rings is 1. The van der Waals surface area contributed by atoms with Gasteiger partial charge in [-0.2, -0.15) is 5.10 Å². The standard InChI is InChI=1S/C17H26N4/c1-4-14(3)21-9-8-16(20-21)12-17(19-18)11-15-7-5-6-13(2)10-15/h5-10,14,17,19H,4,11-12,18H2,1-3H3. The van der Waals surface area contributed by atoms with Crippen LogP contribution in [-0.4, -0.2) is 15.8 Å². The zero-order valence-electron chi connectivity index (χ0n) is 13.2. The molecule has 0 aliphatic heterocycles. The predicted octanol–water partition coefficient (Wildman–Crippen LogP) is 2.78. The smallest absolute Gasteiger partial charge is 0.0640 e. The first-order valence-electron chi connectivity index (χ1n) is 7.68. The number of rotatable bonds is 7. The van der Waals surface area contributed by atoms with E-state index < -0.39 is 0 Å². The second kappa shape index (κ2) is 7.38. The van der Waals surface area contributed by atoms with Crippen molar-refractivity contribution in [2.45, 2.75) is 52.1 Å². The topological polar surface area (TPSA) is 55.9 Å². The molecule has 0 spiro atoms. The maximum atomic E-state index is 5.71. The summed E-state index contributed by atoms with van der Waals surface area (Å²) in [4.78, 5) is 0. The Morgan fingerprint density at radius 3 is 2.76 bits per heavy atom. The molecule has 0 bridgehead atoms. The minimum absolute atomic E-state index is 0.201. The maximum absolute atomic E-state index is 5.71. The van der Waals surface area contributed by atoms with E-state index in [1.54, 1.807) is 0 Å². The van der Waals surface area contributed by atoms with E-state index in [-0.39, 0.29) is 6.04 Å². The number of nitrogens with zero attached hydrogens (tertiary/aromatic N) is 2. The minimum Gasteiger partial charge on any atom is -0.271 e.